The van der Waals surface area contributed by atoms with Crippen molar-refractivity contribution in [1.82, 2.24) is 34.5 Å². The largest absolute Gasteiger partial charge is 0.456 e. The number of nitrogens with one attached hydrogen (secondary N) is 1. The van der Waals surface area contributed by atoms with Gasteiger partial charge in [-0.2, -0.15) is 5.10 Å². The lowest BCUT2D eigenvalue weighted by Gasteiger charge is -2.16. The third-order valence-corrected chi connectivity index (χ3v) is 6.25. The van der Waals surface area contributed by atoms with Crippen LogP contribution in [0.4, 0.5) is 17.5 Å². The molecule has 1 aromatic carbocycles. The summed E-state index contributed by atoms with van der Waals surface area (Å²) in [5, 5.41) is 7.79. The van der Waals surface area contributed by atoms with Crippen LogP contribution in [0.3, 0.4) is 0 Å². The van der Waals surface area contributed by atoms with Crippen molar-refractivity contribution in [3.05, 3.63) is 71.8 Å². The van der Waals surface area contributed by atoms with Gasteiger partial charge in [0, 0.05) is 31.0 Å². The van der Waals surface area contributed by atoms with E-state index in [1.165, 1.54) is 12.7 Å². The first-order chi connectivity index (χ1) is 17.7. The van der Waals surface area contributed by atoms with Crippen LogP contribution in [0.2, 0.25) is 5.02 Å². The van der Waals surface area contributed by atoms with Crippen LogP contribution in [0, 0.1) is 12.5 Å². The number of pyridine rings is 1. The highest BCUT2D eigenvalue weighted by Crippen LogP contribution is 2.33. The SMILES string of the molecule is [C-]#[N+]C[C@@H]1CCN(c2ncc3ncnc(Nc4ccc(Oc5ccn6ncnc6c5)c(Cl)c4)c3n2)C1. The Labute approximate surface area is 210 Å². The highest BCUT2D eigenvalue weighted by atomic mass is 35.5. The van der Waals surface area contributed by atoms with E-state index in [4.69, 9.17) is 27.9 Å². The minimum atomic E-state index is 0.340. The van der Waals surface area contributed by atoms with E-state index in [-0.39, 0.29) is 0 Å². The molecule has 0 unspecified atom stereocenters. The molecule has 5 heterocycles. The van der Waals surface area contributed by atoms with Crippen LogP contribution in [0.25, 0.3) is 21.5 Å². The first-order valence-electron chi connectivity index (χ1n) is 11.3. The van der Waals surface area contributed by atoms with Crippen molar-refractivity contribution in [1.29, 1.82) is 0 Å². The lowest BCUT2D eigenvalue weighted by atomic mass is 10.1. The van der Waals surface area contributed by atoms with Gasteiger partial charge in [-0.1, -0.05) is 11.6 Å². The zero-order chi connectivity index (χ0) is 24.5. The summed E-state index contributed by atoms with van der Waals surface area (Å²) < 4.78 is 7.60. The van der Waals surface area contributed by atoms with Gasteiger partial charge in [0.15, 0.2) is 11.5 Å². The van der Waals surface area contributed by atoms with Crippen molar-refractivity contribution >= 4 is 45.7 Å². The molecule has 12 heteroatoms. The molecule has 5 aromatic rings. The fourth-order valence-electron chi connectivity index (χ4n) is 4.17. The van der Waals surface area contributed by atoms with Crippen LogP contribution in [-0.2, 0) is 0 Å². The first-order valence-corrected chi connectivity index (χ1v) is 11.6. The summed E-state index contributed by atoms with van der Waals surface area (Å²) >= 11 is 6.53. The summed E-state index contributed by atoms with van der Waals surface area (Å²) in [6.07, 6.45) is 7.37. The number of benzene rings is 1. The van der Waals surface area contributed by atoms with Gasteiger partial charge in [-0.15, -0.1) is 0 Å². The fraction of sp³-hybridized carbons (Fsp3) is 0.208. The predicted octanol–water partition coefficient (Wildman–Crippen LogP) is 4.40. The molecule has 1 fully saturated rings. The monoisotopic (exact) mass is 498 g/mol. The molecule has 0 spiro atoms. The highest BCUT2D eigenvalue weighted by molar-refractivity contribution is 6.32. The van der Waals surface area contributed by atoms with Gasteiger partial charge in [0.2, 0.25) is 12.5 Å². The molecule has 0 aliphatic carbocycles. The molecule has 36 heavy (non-hydrogen) atoms. The molecule has 0 bridgehead atoms. The number of hydrogen-bond donors (Lipinski definition) is 1. The number of fused-ring (bicyclic) bond motifs is 2. The topological polar surface area (TPSA) is 111 Å². The summed E-state index contributed by atoms with van der Waals surface area (Å²) in [4.78, 5) is 27.7. The van der Waals surface area contributed by atoms with Gasteiger partial charge in [-0.05, 0) is 30.7 Å². The van der Waals surface area contributed by atoms with E-state index >= 15 is 0 Å². The van der Waals surface area contributed by atoms with Crippen LogP contribution in [0.5, 0.6) is 11.5 Å². The summed E-state index contributed by atoms with van der Waals surface area (Å²) in [7, 11) is 0. The van der Waals surface area contributed by atoms with Gasteiger partial charge in [-0.3, -0.25) is 0 Å². The number of ether oxygens (including phenoxy) is 1. The Morgan fingerprint density at radius 1 is 1.14 bits per heavy atom. The molecule has 1 aliphatic heterocycles. The molecule has 1 aliphatic rings. The Bertz CT molecular complexity index is 1610. The number of rotatable bonds is 6. The Morgan fingerprint density at radius 2 is 2.08 bits per heavy atom. The highest BCUT2D eigenvalue weighted by Gasteiger charge is 2.26. The number of anilines is 3. The lowest BCUT2D eigenvalue weighted by molar-refractivity contribution is 0.482. The van der Waals surface area contributed by atoms with Gasteiger partial charge in [-0.25, -0.2) is 36.0 Å². The van der Waals surface area contributed by atoms with Crippen molar-refractivity contribution in [2.45, 2.75) is 6.42 Å². The minimum Gasteiger partial charge on any atom is -0.456 e. The molecule has 1 N–H and O–H groups in total. The Balaban J connectivity index is 1.23. The van der Waals surface area contributed by atoms with Crippen LogP contribution in [0.1, 0.15) is 6.42 Å². The Hall–Kier alpha value is -4.56. The fourth-order valence-corrected chi connectivity index (χ4v) is 4.39. The minimum absolute atomic E-state index is 0.340. The second kappa shape index (κ2) is 9.24. The van der Waals surface area contributed by atoms with Crippen molar-refractivity contribution in [2.24, 2.45) is 5.92 Å². The van der Waals surface area contributed by atoms with Crippen LogP contribution >= 0.6 is 11.6 Å². The maximum absolute atomic E-state index is 7.12. The molecule has 4 aromatic heterocycles. The standard InChI is InChI=1S/C24H19ClN10O/c1-26-10-15-4-6-34(12-15)24-27-11-19-22(33-24)23(30-13-28-19)32-16-2-3-20(18(25)8-16)36-17-5-7-35-21(9-17)29-14-31-35/h2-3,5,7-9,11,13-15H,4,6,10,12H2,(H,28,30,32)/t15-/m0/s1. The molecule has 1 atom stereocenters. The molecular weight excluding hydrogens is 480 g/mol. The third kappa shape index (κ3) is 4.30. The zero-order valence-corrected chi connectivity index (χ0v) is 19.7. The van der Waals surface area contributed by atoms with Crippen LogP contribution < -0.4 is 15.0 Å². The number of aromatic nitrogens is 7. The van der Waals surface area contributed by atoms with Crippen molar-refractivity contribution < 1.29 is 4.74 Å². The molecule has 0 radical (unpaired) electrons. The van der Waals surface area contributed by atoms with Gasteiger partial charge in [0.25, 0.3) is 0 Å². The normalized spacial score (nSPS) is 15.3. The van der Waals surface area contributed by atoms with Crippen LogP contribution in [0.15, 0.2) is 55.4 Å². The van der Waals surface area contributed by atoms with Crippen LogP contribution in [-0.4, -0.2) is 54.2 Å². The van der Waals surface area contributed by atoms with Crippen molar-refractivity contribution in [2.75, 3.05) is 29.9 Å². The Morgan fingerprint density at radius 3 is 2.97 bits per heavy atom. The van der Waals surface area contributed by atoms with Gasteiger partial charge in [0.05, 0.1) is 17.1 Å². The average Bonchev–Trinajstić information content (AvgIpc) is 3.55. The smallest absolute Gasteiger partial charge is 0.226 e. The lowest BCUT2D eigenvalue weighted by Crippen LogP contribution is -2.22. The second-order valence-electron chi connectivity index (χ2n) is 8.37. The molecule has 0 saturated carbocycles. The number of halogens is 1. The summed E-state index contributed by atoms with van der Waals surface area (Å²) in [5.41, 5.74) is 2.63. The van der Waals surface area contributed by atoms with E-state index in [1.807, 2.05) is 6.07 Å². The second-order valence-corrected chi connectivity index (χ2v) is 8.77. The van der Waals surface area contributed by atoms with E-state index in [2.05, 4.69) is 40.1 Å². The molecule has 178 valence electrons. The van der Waals surface area contributed by atoms with Crippen molar-refractivity contribution in [3.8, 4) is 11.5 Å². The molecule has 6 rings (SSSR count). The summed E-state index contributed by atoms with van der Waals surface area (Å²) in [6, 6.07) is 8.97. The van der Waals surface area contributed by atoms with E-state index in [1.54, 1.807) is 41.2 Å². The maximum Gasteiger partial charge on any atom is 0.226 e. The molecular formula is C24H19ClN10O. The van der Waals surface area contributed by atoms with Gasteiger partial charge >= 0.3 is 0 Å². The van der Waals surface area contributed by atoms with Crippen molar-refractivity contribution in [3.63, 3.8) is 0 Å². The first kappa shape index (κ1) is 21.9. The third-order valence-electron chi connectivity index (χ3n) is 5.96. The van der Waals surface area contributed by atoms with E-state index in [9.17, 15) is 0 Å². The number of hydrogen-bond acceptors (Lipinski definition) is 9. The molecule has 11 nitrogen and oxygen atoms in total. The molecule has 0 amide bonds. The predicted molar refractivity (Wildman–Crippen MR) is 135 cm³/mol. The van der Waals surface area contributed by atoms with E-state index in [0.29, 0.717) is 57.4 Å². The number of nitrogens with zero attached hydrogens (tertiary/aromatic N) is 9. The van der Waals surface area contributed by atoms with Gasteiger partial charge < -0.3 is 19.8 Å². The Kier molecular flexibility index (Phi) is 5.63. The average molecular weight is 499 g/mol. The quantitative estimate of drug-likeness (QED) is 0.340. The maximum atomic E-state index is 7.12. The van der Waals surface area contributed by atoms with Gasteiger partial charge in [0.1, 0.15) is 35.2 Å². The summed E-state index contributed by atoms with van der Waals surface area (Å²) in [5.74, 6) is 2.60. The zero-order valence-electron chi connectivity index (χ0n) is 18.9. The van der Waals surface area contributed by atoms with E-state index in [0.717, 1.165) is 25.2 Å². The van der Waals surface area contributed by atoms with E-state index < -0.39 is 0 Å². The summed E-state index contributed by atoms with van der Waals surface area (Å²) in [6.45, 7) is 9.23. The molecule has 1 saturated heterocycles.